The quantitative estimate of drug-likeness (QED) is 0.677. The zero-order valence-corrected chi connectivity index (χ0v) is 8.25. The summed E-state index contributed by atoms with van der Waals surface area (Å²) in [6.45, 7) is 0.771. The lowest BCUT2D eigenvalue weighted by atomic mass is 9.97. The van der Waals surface area contributed by atoms with Crippen molar-refractivity contribution in [2.24, 2.45) is 5.73 Å². The minimum Gasteiger partial charge on any atom is -0.493 e. The van der Waals surface area contributed by atoms with Gasteiger partial charge in [0.25, 0.3) is 0 Å². The average molecular weight is 189 g/mol. The average Bonchev–Trinajstić information content (AvgIpc) is 2.62. The highest BCUT2D eigenvalue weighted by Crippen LogP contribution is 2.35. The van der Waals surface area contributed by atoms with Gasteiger partial charge in [0, 0.05) is 18.0 Å². The van der Waals surface area contributed by atoms with Crippen molar-refractivity contribution >= 4 is 0 Å². The largest absolute Gasteiger partial charge is 0.493 e. The molecule has 0 aromatic heterocycles. The Balaban J connectivity index is 2.12. The van der Waals surface area contributed by atoms with Gasteiger partial charge in [0.05, 0.1) is 6.61 Å². The van der Waals surface area contributed by atoms with Gasteiger partial charge in [0.15, 0.2) is 0 Å². The Morgan fingerprint density at radius 2 is 2.00 bits per heavy atom. The minimum atomic E-state index is 0.185. The summed E-state index contributed by atoms with van der Waals surface area (Å²) in [5.74, 6) is 1.03. The van der Waals surface area contributed by atoms with Crippen LogP contribution in [-0.2, 0) is 12.8 Å². The van der Waals surface area contributed by atoms with Crippen molar-refractivity contribution in [3.63, 3.8) is 0 Å². The second-order valence-electron chi connectivity index (χ2n) is 4.26. The van der Waals surface area contributed by atoms with Gasteiger partial charge in [-0.3, -0.25) is 0 Å². The van der Waals surface area contributed by atoms with Crippen LogP contribution in [0.4, 0.5) is 0 Å². The Morgan fingerprint density at radius 3 is 2.86 bits per heavy atom. The van der Waals surface area contributed by atoms with Crippen LogP contribution < -0.4 is 10.5 Å². The molecule has 3 rings (SSSR count). The number of fused-ring (bicyclic) bond motifs is 2. The normalized spacial score (nSPS) is 23.9. The van der Waals surface area contributed by atoms with Crippen molar-refractivity contribution in [3.8, 4) is 5.75 Å². The molecule has 0 radical (unpaired) electrons. The van der Waals surface area contributed by atoms with Crippen molar-refractivity contribution < 1.29 is 4.74 Å². The molecular weight excluding hydrogens is 174 g/mol. The van der Waals surface area contributed by atoms with E-state index in [-0.39, 0.29) is 6.04 Å². The fraction of sp³-hybridized carbons (Fsp3) is 0.500. The first kappa shape index (κ1) is 8.30. The van der Waals surface area contributed by atoms with Crippen LogP contribution in [0.25, 0.3) is 0 Å². The molecule has 0 saturated carbocycles. The molecule has 0 fully saturated rings. The summed E-state index contributed by atoms with van der Waals surface area (Å²) >= 11 is 0. The molecule has 1 aliphatic carbocycles. The fourth-order valence-electron chi connectivity index (χ4n) is 2.49. The zero-order chi connectivity index (χ0) is 9.54. The predicted octanol–water partition coefficient (Wildman–Crippen LogP) is 1.96. The molecule has 74 valence electrons. The van der Waals surface area contributed by atoms with Gasteiger partial charge < -0.3 is 10.5 Å². The lowest BCUT2D eigenvalue weighted by molar-refractivity contribution is 0.268. The minimum absolute atomic E-state index is 0.185. The monoisotopic (exact) mass is 189 g/mol. The molecule has 1 atom stereocenters. The molecule has 1 aliphatic heterocycles. The third-order valence-electron chi connectivity index (χ3n) is 3.31. The van der Waals surface area contributed by atoms with Crippen LogP contribution in [0, 0.1) is 0 Å². The molecule has 2 aliphatic rings. The summed E-state index contributed by atoms with van der Waals surface area (Å²) in [6.07, 6.45) is 4.66. The molecule has 0 spiro atoms. The van der Waals surface area contributed by atoms with Crippen LogP contribution in [0.1, 0.15) is 35.6 Å². The van der Waals surface area contributed by atoms with E-state index < -0.39 is 0 Å². The van der Waals surface area contributed by atoms with E-state index in [1.54, 1.807) is 0 Å². The molecule has 2 heteroatoms. The zero-order valence-electron chi connectivity index (χ0n) is 8.25. The highest BCUT2D eigenvalue weighted by atomic mass is 16.5. The van der Waals surface area contributed by atoms with E-state index in [9.17, 15) is 0 Å². The first-order valence-electron chi connectivity index (χ1n) is 5.38. The Hall–Kier alpha value is -1.02. The Kier molecular flexibility index (Phi) is 1.77. The van der Waals surface area contributed by atoms with Gasteiger partial charge in [-0.25, -0.2) is 0 Å². The standard InChI is InChI=1S/C12H15NO/c13-11-4-5-14-12-7-9-3-1-2-8(9)6-10(11)12/h6-7,11H,1-5,13H2/t11-/m1/s1. The molecule has 0 saturated heterocycles. The lowest BCUT2D eigenvalue weighted by Crippen LogP contribution is -2.20. The highest BCUT2D eigenvalue weighted by molar-refractivity contribution is 5.46. The van der Waals surface area contributed by atoms with Gasteiger partial charge in [0.1, 0.15) is 5.75 Å². The number of ether oxygens (including phenoxy) is 1. The first-order chi connectivity index (χ1) is 6.84. The molecule has 0 unspecified atom stereocenters. The van der Waals surface area contributed by atoms with E-state index in [2.05, 4.69) is 12.1 Å². The van der Waals surface area contributed by atoms with E-state index in [4.69, 9.17) is 10.5 Å². The third kappa shape index (κ3) is 1.14. The summed E-state index contributed by atoms with van der Waals surface area (Å²) in [5.41, 5.74) is 10.2. The van der Waals surface area contributed by atoms with Crippen LogP contribution in [0.15, 0.2) is 12.1 Å². The van der Waals surface area contributed by atoms with E-state index in [0.29, 0.717) is 0 Å². The Bertz CT molecular complexity index is 373. The maximum Gasteiger partial charge on any atom is 0.124 e. The summed E-state index contributed by atoms with van der Waals surface area (Å²) in [5, 5.41) is 0. The van der Waals surface area contributed by atoms with E-state index in [1.807, 2.05) is 0 Å². The van der Waals surface area contributed by atoms with Crippen molar-refractivity contribution in [2.45, 2.75) is 31.7 Å². The molecule has 1 aromatic carbocycles. The Labute approximate surface area is 84.1 Å². The summed E-state index contributed by atoms with van der Waals surface area (Å²) in [4.78, 5) is 0. The number of rotatable bonds is 0. The third-order valence-corrected chi connectivity index (χ3v) is 3.31. The van der Waals surface area contributed by atoms with E-state index in [1.165, 1.54) is 36.0 Å². The second-order valence-corrected chi connectivity index (χ2v) is 4.26. The summed E-state index contributed by atoms with van der Waals surface area (Å²) in [7, 11) is 0. The van der Waals surface area contributed by atoms with Crippen molar-refractivity contribution in [1.82, 2.24) is 0 Å². The van der Waals surface area contributed by atoms with Gasteiger partial charge in [-0.2, -0.15) is 0 Å². The topological polar surface area (TPSA) is 35.2 Å². The van der Waals surface area contributed by atoms with Gasteiger partial charge >= 0.3 is 0 Å². The van der Waals surface area contributed by atoms with Gasteiger partial charge in [-0.05, 0) is 36.5 Å². The van der Waals surface area contributed by atoms with Gasteiger partial charge in [0.2, 0.25) is 0 Å². The first-order valence-corrected chi connectivity index (χ1v) is 5.38. The predicted molar refractivity (Wildman–Crippen MR) is 55.5 cm³/mol. The number of hydrogen-bond acceptors (Lipinski definition) is 2. The molecule has 2 nitrogen and oxygen atoms in total. The van der Waals surface area contributed by atoms with Crippen LogP contribution in [0.5, 0.6) is 5.75 Å². The summed E-state index contributed by atoms with van der Waals surface area (Å²) in [6, 6.07) is 4.66. The fourth-order valence-corrected chi connectivity index (χ4v) is 2.49. The van der Waals surface area contributed by atoms with Crippen LogP contribution in [-0.4, -0.2) is 6.61 Å². The molecule has 1 aromatic rings. The summed E-state index contributed by atoms with van der Waals surface area (Å²) < 4.78 is 5.64. The number of nitrogens with two attached hydrogens (primary N) is 1. The maximum absolute atomic E-state index is 6.06. The molecule has 0 amide bonds. The molecule has 0 bridgehead atoms. The van der Waals surface area contributed by atoms with Crippen LogP contribution in [0.2, 0.25) is 0 Å². The highest BCUT2D eigenvalue weighted by Gasteiger charge is 2.22. The second kappa shape index (κ2) is 2.99. The molecular formula is C12H15NO. The van der Waals surface area contributed by atoms with Crippen molar-refractivity contribution in [2.75, 3.05) is 6.61 Å². The van der Waals surface area contributed by atoms with Crippen molar-refractivity contribution in [1.29, 1.82) is 0 Å². The van der Waals surface area contributed by atoms with E-state index >= 15 is 0 Å². The van der Waals surface area contributed by atoms with Crippen molar-refractivity contribution in [3.05, 3.63) is 28.8 Å². The smallest absolute Gasteiger partial charge is 0.124 e. The maximum atomic E-state index is 6.06. The molecule has 14 heavy (non-hydrogen) atoms. The van der Waals surface area contributed by atoms with Crippen LogP contribution >= 0.6 is 0 Å². The molecule has 1 heterocycles. The van der Waals surface area contributed by atoms with E-state index in [0.717, 1.165) is 18.8 Å². The molecule has 2 N–H and O–H groups in total. The Morgan fingerprint density at radius 1 is 1.21 bits per heavy atom. The number of benzene rings is 1. The lowest BCUT2D eigenvalue weighted by Gasteiger charge is -2.23. The number of aryl methyl sites for hydroxylation is 2. The number of hydrogen-bond donors (Lipinski definition) is 1. The van der Waals surface area contributed by atoms with Gasteiger partial charge in [-0.1, -0.05) is 6.07 Å². The van der Waals surface area contributed by atoms with Gasteiger partial charge in [-0.15, -0.1) is 0 Å². The van der Waals surface area contributed by atoms with Crippen LogP contribution in [0.3, 0.4) is 0 Å². The SMILES string of the molecule is N[C@@H]1CCOc2cc3c(cc21)CCC3.